The Bertz CT molecular complexity index is 985. The molecule has 1 aromatic heterocycles. The summed E-state index contributed by atoms with van der Waals surface area (Å²) in [5, 5.41) is 0. The van der Waals surface area contributed by atoms with Crippen molar-refractivity contribution in [3.05, 3.63) is 31.5 Å². The summed E-state index contributed by atoms with van der Waals surface area (Å²) in [6.07, 6.45) is 1.19. The molecular weight excluding hydrogens is 450 g/mol. The summed E-state index contributed by atoms with van der Waals surface area (Å²) in [6, 6.07) is 0. The second-order valence-corrected chi connectivity index (χ2v) is 9.22. The Morgan fingerprint density at radius 1 is 0.765 bits per heavy atom. The summed E-state index contributed by atoms with van der Waals surface area (Å²) in [4.78, 5) is 62.1. The molecule has 0 radical (unpaired) electrons. The molecule has 190 valence electrons. The van der Waals surface area contributed by atoms with Gasteiger partial charge in [-0.15, -0.1) is 0 Å². The van der Waals surface area contributed by atoms with Crippen molar-refractivity contribution >= 4 is 11.9 Å². The van der Waals surface area contributed by atoms with Crippen LogP contribution in [0.25, 0.3) is 0 Å². The van der Waals surface area contributed by atoms with Gasteiger partial charge in [0.2, 0.25) is 0 Å². The van der Waals surface area contributed by atoms with Crippen molar-refractivity contribution in [1.29, 1.82) is 0 Å². The smallest absolute Gasteiger partial charge is 0.336 e. The van der Waals surface area contributed by atoms with E-state index in [1.807, 2.05) is 13.8 Å². The van der Waals surface area contributed by atoms with Gasteiger partial charge in [0.05, 0.1) is 50.1 Å². The number of hydrogen-bond acceptors (Lipinski definition) is 9. The Hall–Kier alpha value is -2.73. The predicted molar refractivity (Wildman–Crippen MR) is 118 cm³/mol. The van der Waals surface area contributed by atoms with E-state index in [9.17, 15) is 24.0 Å². The van der Waals surface area contributed by atoms with E-state index in [2.05, 4.69) is 0 Å². The number of esters is 2. The highest BCUT2D eigenvalue weighted by molar-refractivity contribution is 5.69. The molecule has 2 saturated heterocycles. The van der Waals surface area contributed by atoms with Crippen molar-refractivity contribution in [2.45, 2.75) is 52.6 Å². The van der Waals surface area contributed by atoms with Gasteiger partial charge in [-0.05, 0) is 12.8 Å². The highest BCUT2D eigenvalue weighted by Gasteiger charge is 2.39. The van der Waals surface area contributed by atoms with Crippen LogP contribution < -0.4 is 17.1 Å². The average molecular weight is 484 g/mol. The predicted octanol–water partition coefficient (Wildman–Crippen LogP) is -0.571. The molecule has 0 N–H and O–H groups in total. The molecule has 12 nitrogen and oxygen atoms in total. The Balaban J connectivity index is 1.60. The number of rotatable bonds is 12. The average Bonchev–Trinajstić information content (AvgIpc) is 2.76. The first-order valence-electron chi connectivity index (χ1n) is 11.5. The normalized spacial score (nSPS) is 18.0. The number of carbonyl (C=O) groups is 2. The Kier molecular flexibility index (Phi) is 8.13. The second-order valence-electron chi connectivity index (χ2n) is 9.22. The lowest BCUT2D eigenvalue weighted by Gasteiger charge is -2.39. The van der Waals surface area contributed by atoms with Crippen molar-refractivity contribution in [2.75, 3.05) is 39.6 Å². The van der Waals surface area contributed by atoms with Crippen LogP contribution in [-0.4, -0.2) is 65.3 Å². The lowest BCUT2D eigenvalue weighted by Crippen LogP contribution is -2.54. The van der Waals surface area contributed by atoms with Crippen molar-refractivity contribution in [3.63, 3.8) is 0 Å². The van der Waals surface area contributed by atoms with Gasteiger partial charge in [0.25, 0.3) is 0 Å². The first-order valence-corrected chi connectivity index (χ1v) is 11.5. The van der Waals surface area contributed by atoms with E-state index in [0.717, 1.165) is 26.5 Å². The maximum absolute atomic E-state index is 12.8. The molecule has 1 aromatic rings. The van der Waals surface area contributed by atoms with Gasteiger partial charge in [-0.25, -0.2) is 28.1 Å². The Labute approximate surface area is 196 Å². The topological polar surface area (TPSA) is 137 Å². The third-order valence-corrected chi connectivity index (χ3v) is 6.79. The summed E-state index contributed by atoms with van der Waals surface area (Å²) < 4.78 is 23.4. The first-order chi connectivity index (χ1) is 16.2. The van der Waals surface area contributed by atoms with Crippen LogP contribution in [0.15, 0.2) is 14.4 Å². The van der Waals surface area contributed by atoms with Crippen LogP contribution in [-0.2, 0) is 48.7 Å². The monoisotopic (exact) mass is 483 g/mol. The number of nitrogens with zero attached hydrogens (tertiary/aromatic N) is 3. The van der Waals surface area contributed by atoms with Crippen LogP contribution in [0.5, 0.6) is 0 Å². The minimum atomic E-state index is -0.886. The van der Waals surface area contributed by atoms with E-state index >= 15 is 0 Å². The van der Waals surface area contributed by atoms with Gasteiger partial charge >= 0.3 is 29.0 Å². The number of ether oxygens (including phenoxy) is 4. The first kappa shape index (κ1) is 25.9. The zero-order chi connectivity index (χ0) is 24.9. The molecular formula is C22H33N3O9. The molecule has 3 heterocycles. The maximum atomic E-state index is 12.8. The summed E-state index contributed by atoms with van der Waals surface area (Å²) in [7, 11) is 1.23. The zero-order valence-electron chi connectivity index (χ0n) is 20.0. The van der Waals surface area contributed by atoms with Crippen LogP contribution in [0, 0.1) is 10.8 Å². The Morgan fingerprint density at radius 3 is 1.44 bits per heavy atom. The van der Waals surface area contributed by atoms with Gasteiger partial charge < -0.3 is 18.9 Å². The second kappa shape index (κ2) is 10.7. The lowest BCUT2D eigenvalue weighted by molar-refractivity contribution is -0.171. The molecule has 34 heavy (non-hydrogen) atoms. The minimum absolute atomic E-state index is 0.174. The van der Waals surface area contributed by atoms with Gasteiger partial charge in [-0.2, -0.15) is 0 Å². The maximum Gasteiger partial charge on any atom is 0.336 e. The van der Waals surface area contributed by atoms with E-state index in [-0.39, 0.29) is 50.0 Å². The van der Waals surface area contributed by atoms with Crippen LogP contribution in [0.2, 0.25) is 0 Å². The molecule has 0 unspecified atom stereocenters. The van der Waals surface area contributed by atoms with Crippen molar-refractivity contribution < 1.29 is 28.5 Å². The minimum Gasteiger partial charge on any atom is -0.465 e. The molecule has 0 aliphatic carbocycles. The summed E-state index contributed by atoms with van der Waals surface area (Å²) in [5.41, 5.74) is -2.91. The summed E-state index contributed by atoms with van der Waals surface area (Å²) in [6.45, 7) is 6.01. The molecule has 2 aliphatic heterocycles. The Morgan fingerprint density at radius 2 is 1.15 bits per heavy atom. The fourth-order valence-electron chi connectivity index (χ4n) is 3.71. The number of aromatic nitrogens is 3. The van der Waals surface area contributed by atoms with Crippen molar-refractivity contribution in [2.24, 2.45) is 17.9 Å². The van der Waals surface area contributed by atoms with E-state index in [1.54, 1.807) is 0 Å². The van der Waals surface area contributed by atoms with Crippen LogP contribution in [0.1, 0.15) is 39.5 Å². The van der Waals surface area contributed by atoms with Crippen molar-refractivity contribution in [3.8, 4) is 0 Å². The third-order valence-electron chi connectivity index (χ3n) is 6.79. The summed E-state index contributed by atoms with van der Waals surface area (Å²) in [5.74, 6) is -1.11. The van der Waals surface area contributed by atoms with Crippen LogP contribution in [0.3, 0.4) is 0 Å². The summed E-state index contributed by atoms with van der Waals surface area (Å²) >= 11 is 0. The van der Waals surface area contributed by atoms with Gasteiger partial charge in [0.15, 0.2) is 0 Å². The van der Waals surface area contributed by atoms with Gasteiger partial charge in [0.1, 0.15) is 13.2 Å². The fourth-order valence-corrected chi connectivity index (χ4v) is 3.71. The third kappa shape index (κ3) is 5.49. The lowest BCUT2D eigenvalue weighted by atomic mass is 9.84. The van der Waals surface area contributed by atoms with E-state index < -0.39 is 29.0 Å². The van der Waals surface area contributed by atoms with Crippen LogP contribution >= 0.6 is 0 Å². The SMILES string of the molecule is CCC1(COC(=O)CCn2c(=O)n(C)c(=O)n(CCC(=O)OCC3(CC)COC3)c2=O)COC1. The largest absolute Gasteiger partial charge is 0.465 e. The molecule has 0 saturated carbocycles. The standard InChI is InChI=1S/C22H33N3O9/c1-4-21(10-31-11-21)14-33-16(26)6-8-24-18(28)23(3)19(29)25(20(24)30)9-7-17(27)34-15-22(5-2)12-32-13-22/h4-15H2,1-3H3. The molecule has 0 atom stereocenters. The molecule has 3 rings (SSSR count). The number of hydrogen-bond donors (Lipinski definition) is 0. The zero-order valence-corrected chi connectivity index (χ0v) is 20.0. The quantitative estimate of drug-likeness (QED) is 0.358. The highest BCUT2D eigenvalue weighted by atomic mass is 16.6. The molecule has 0 amide bonds. The van der Waals surface area contributed by atoms with E-state index in [1.165, 1.54) is 7.05 Å². The van der Waals surface area contributed by atoms with Crippen LogP contribution in [0.4, 0.5) is 0 Å². The van der Waals surface area contributed by atoms with E-state index in [0.29, 0.717) is 26.4 Å². The molecule has 2 aliphatic rings. The molecule has 0 spiro atoms. The highest BCUT2D eigenvalue weighted by Crippen LogP contribution is 2.32. The molecule has 12 heteroatoms. The molecule has 0 bridgehead atoms. The fraction of sp³-hybridized carbons (Fsp3) is 0.773. The van der Waals surface area contributed by atoms with Crippen molar-refractivity contribution in [1.82, 2.24) is 13.7 Å². The van der Waals surface area contributed by atoms with Gasteiger partial charge in [-0.3, -0.25) is 9.59 Å². The van der Waals surface area contributed by atoms with Gasteiger partial charge in [-0.1, -0.05) is 13.8 Å². The number of carbonyl (C=O) groups excluding carboxylic acids is 2. The van der Waals surface area contributed by atoms with E-state index in [4.69, 9.17) is 18.9 Å². The molecule has 2 fully saturated rings. The van der Waals surface area contributed by atoms with Gasteiger partial charge in [0, 0.05) is 20.1 Å². The molecule has 0 aromatic carbocycles.